The van der Waals surface area contributed by atoms with E-state index in [0.29, 0.717) is 25.7 Å². The number of benzene rings is 2. The van der Waals surface area contributed by atoms with Crippen LogP contribution in [0.25, 0.3) is 11.1 Å². The Morgan fingerprint density at radius 3 is 1.98 bits per heavy atom. The first kappa shape index (κ1) is 35.3. The van der Waals surface area contributed by atoms with Crippen LogP contribution in [0.5, 0.6) is 0 Å². The summed E-state index contributed by atoms with van der Waals surface area (Å²) in [5.41, 5.74) is 3.02. The highest BCUT2D eigenvalue weighted by Gasteiger charge is 2.30. The molecule has 2 N–H and O–H groups in total. The standard InChI is InChI=1S/C35H47N3O7/c1-8-14-29(39)28(19-13-20-36-30(21-31(40)44-34(2,3)4)38-33(42)45-35(5,6)7)37-32(41)43-22-27-25-17-11-9-15-23(25)24-16-10-12-18-26(24)27/h9-12,15-18,27-28H,8,13-14,19-22H2,1-7H3,(H,37,41)(H,36,38,42)/t28-/m0/s1. The Morgan fingerprint density at radius 2 is 1.42 bits per heavy atom. The highest BCUT2D eigenvalue weighted by Crippen LogP contribution is 2.44. The van der Waals surface area contributed by atoms with E-state index >= 15 is 0 Å². The van der Waals surface area contributed by atoms with Gasteiger partial charge in [-0.15, -0.1) is 0 Å². The number of hydrogen-bond acceptors (Lipinski definition) is 8. The summed E-state index contributed by atoms with van der Waals surface area (Å²) in [6.07, 6.45) is -0.00515. The molecule has 3 rings (SSSR count). The molecule has 10 heteroatoms. The lowest BCUT2D eigenvalue weighted by molar-refractivity contribution is -0.153. The smallest absolute Gasteiger partial charge is 0.413 e. The van der Waals surface area contributed by atoms with Gasteiger partial charge in [0.2, 0.25) is 0 Å². The van der Waals surface area contributed by atoms with E-state index in [1.165, 1.54) is 0 Å². The van der Waals surface area contributed by atoms with E-state index < -0.39 is 35.4 Å². The molecule has 1 atom stereocenters. The van der Waals surface area contributed by atoms with Crippen LogP contribution in [-0.2, 0) is 23.8 Å². The van der Waals surface area contributed by atoms with Gasteiger partial charge in [0.05, 0.1) is 6.04 Å². The number of Topliss-reactive ketones (excluding diaryl/α,β-unsaturated/α-hetero) is 1. The minimum absolute atomic E-state index is 0.0943. The van der Waals surface area contributed by atoms with Gasteiger partial charge in [-0.25, -0.2) is 9.59 Å². The minimum atomic E-state index is -0.760. The second-order valence-electron chi connectivity index (χ2n) is 13.1. The van der Waals surface area contributed by atoms with Gasteiger partial charge < -0.3 is 19.5 Å². The van der Waals surface area contributed by atoms with Gasteiger partial charge in [0, 0.05) is 18.9 Å². The van der Waals surface area contributed by atoms with Gasteiger partial charge in [-0.3, -0.25) is 19.9 Å². The molecule has 0 radical (unpaired) electrons. The zero-order valence-corrected chi connectivity index (χ0v) is 27.5. The van der Waals surface area contributed by atoms with E-state index in [4.69, 9.17) is 14.2 Å². The van der Waals surface area contributed by atoms with Gasteiger partial charge >= 0.3 is 18.2 Å². The van der Waals surface area contributed by atoms with Crippen LogP contribution in [0.2, 0.25) is 0 Å². The maximum absolute atomic E-state index is 12.9. The fourth-order valence-corrected chi connectivity index (χ4v) is 5.10. The van der Waals surface area contributed by atoms with Crippen molar-refractivity contribution in [3.05, 3.63) is 59.7 Å². The SMILES string of the molecule is CCCC(=O)[C@H](CCCN=C(CC(=O)OC(C)(C)C)NC(=O)OC(C)(C)C)NC(=O)OCC1c2ccccc2-c2ccccc21. The van der Waals surface area contributed by atoms with Crippen molar-refractivity contribution in [3.63, 3.8) is 0 Å². The van der Waals surface area contributed by atoms with Crippen molar-refractivity contribution in [2.75, 3.05) is 13.2 Å². The first-order chi connectivity index (χ1) is 21.2. The molecule has 0 fully saturated rings. The number of amidine groups is 1. The van der Waals surface area contributed by atoms with Crippen molar-refractivity contribution in [1.82, 2.24) is 10.6 Å². The second-order valence-corrected chi connectivity index (χ2v) is 13.1. The fraction of sp³-hybridized carbons (Fsp3) is 0.514. The predicted octanol–water partition coefficient (Wildman–Crippen LogP) is 6.70. The molecule has 2 aromatic carbocycles. The molecule has 0 aromatic heterocycles. The van der Waals surface area contributed by atoms with E-state index in [9.17, 15) is 19.2 Å². The number of carbonyl (C=O) groups is 4. The molecule has 0 spiro atoms. The van der Waals surface area contributed by atoms with Crippen LogP contribution in [0.15, 0.2) is 53.5 Å². The number of nitrogens with zero attached hydrogens (tertiary/aromatic N) is 1. The van der Waals surface area contributed by atoms with Crippen molar-refractivity contribution in [3.8, 4) is 11.1 Å². The highest BCUT2D eigenvalue weighted by atomic mass is 16.6. The summed E-state index contributed by atoms with van der Waals surface area (Å²) in [7, 11) is 0. The number of nitrogens with one attached hydrogen (secondary N) is 2. The third-order valence-corrected chi connectivity index (χ3v) is 6.85. The molecular formula is C35H47N3O7. The molecule has 244 valence electrons. The van der Waals surface area contributed by atoms with Gasteiger partial charge in [0.15, 0.2) is 5.78 Å². The molecule has 0 saturated heterocycles. The summed E-state index contributed by atoms with van der Waals surface area (Å²) in [6.45, 7) is 12.7. The van der Waals surface area contributed by atoms with Crippen LogP contribution in [0, 0.1) is 0 Å². The van der Waals surface area contributed by atoms with E-state index in [1.54, 1.807) is 41.5 Å². The largest absolute Gasteiger partial charge is 0.460 e. The third kappa shape index (κ3) is 11.3. The third-order valence-electron chi connectivity index (χ3n) is 6.85. The van der Waals surface area contributed by atoms with E-state index in [1.807, 2.05) is 43.3 Å². The van der Waals surface area contributed by atoms with Crippen LogP contribution in [-0.4, -0.2) is 60.2 Å². The summed E-state index contributed by atoms with van der Waals surface area (Å²) in [4.78, 5) is 55.1. The van der Waals surface area contributed by atoms with Gasteiger partial charge in [-0.2, -0.15) is 0 Å². The molecular weight excluding hydrogens is 574 g/mol. The first-order valence-corrected chi connectivity index (χ1v) is 15.6. The lowest BCUT2D eigenvalue weighted by atomic mass is 9.98. The highest BCUT2D eigenvalue weighted by molar-refractivity contribution is 6.04. The molecule has 0 unspecified atom stereocenters. The zero-order valence-electron chi connectivity index (χ0n) is 27.5. The van der Waals surface area contributed by atoms with Crippen molar-refractivity contribution < 1.29 is 33.4 Å². The number of amides is 2. The topological polar surface area (TPSA) is 132 Å². The summed E-state index contributed by atoms with van der Waals surface area (Å²) in [5, 5.41) is 5.30. The number of carbonyl (C=O) groups excluding carboxylic acids is 4. The van der Waals surface area contributed by atoms with Crippen LogP contribution in [0.4, 0.5) is 9.59 Å². The van der Waals surface area contributed by atoms with Crippen LogP contribution < -0.4 is 10.6 Å². The number of rotatable bonds is 12. The number of aliphatic imine (C=N–C) groups is 1. The maximum atomic E-state index is 12.9. The van der Waals surface area contributed by atoms with Gasteiger partial charge in [0.25, 0.3) is 0 Å². The summed E-state index contributed by atoms with van der Waals surface area (Å²) in [6, 6.07) is 15.4. The van der Waals surface area contributed by atoms with Crippen molar-refractivity contribution in [1.29, 1.82) is 0 Å². The second kappa shape index (κ2) is 15.7. The van der Waals surface area contributed by atoms with Crippen molar-refractivity contribution >= 4 is 29.8 Å². The van der Waals surface area contributed by atoms with Gasteiger partial charge in [0.1, 0.15) is 30.1 Å². The lowest BCUT2D eigenvalue weighted by Crippen LogP contribution is -2.41. The number of ketones is 1. The normalized spacial score (nSPS) is 13.7. The van der Waals surface area contributed by atoms with E-state index in [2.05, 4.69) is 27.8 Å². The van der Waals surface area contributed by atoms with Crippen molar-refractivity contribution in [2.45, 2.75) is 104 Å². The molecule has 2 aromatic rings. The molecule has 1 aliphatic carbocycles. The van der Waals surface area contributed by atoms with Gasteiger partial charge in [-0.1, -0.05) is 55.5 Å². The molecule has 10 nitrogen and oxygen atoms in total. The van der Waals surface area contributed by atoms with Gasteiger partial charge in [-0.05, 0) is 83.1 Å². The predicted molar refractivity (Wildman–Crippen MR) is 173 cm³/mol. The fourth-order valence-electron chi connectivity index (χ4n) is 5.10. The molecule has 0 aliphatic heterocycles. The zero-order chi connectivity index (χ0) is 33.2. The van der Waals surface area contributed by atoms with E-state index in [-0.39, 0.29) is 37.1 Å². The minimum Gasteiger partial charge on any atom is -0.460 e. The Bertz CT molecular complexity index is 1310. The molecule has 45 heavy (non-hydrogen) atoms. The number of esters is 1. The summed E-state index contributed by atoms with van der Waals surface area (Å²) in [5.74, 6) is -0.649. The molecule has 2 amide bonds. The molecule has 0 heterocycles. The average Bonchev–Trinajstić information content (AvgIpc) is 3.25. The number of ether oxygens (including phenoxy) is 3. The first-order valence-electron chi connectivity index (χ1n) is 15.6. The Hall–Kier alpha value is -4.21. The molecule has 1 aliphatic rings. The maximum Gasteiger partial charge on any atom is 0.413 e. The Morgan fingerprint density at radius 1 is 0.844 bits per heavy atom. The Kier molecular flexibility index (Phi) is 12.3. The number of hydrogen-bond donors (Lipinski definition) is 2. The van der Waals surface area contributed by atoms with Crippen LogP contribution >= 0.6 is 0 Å². The van der Waals surface area contributed by atoms with Crippen molar-refractivity contribution in [2.24, 2.45) is 4.99 Å². The van der Waals surface area contributed by atoms with Crippen LogP contribution in [0.1, 0.15) is 97.6 Å². The number of fused-ring (bicyclic) bond motifs is 3. The number of alkyl carbamates (subject to hydrolysis) is 2. The Labute approximate surface area is 266 Å². The monoisotopic (exact) mass is 621 g/mol. The summed E-state index contributed by atoms with van der Waals surface area (Å²) < 4.78 is 16.4. The quantitative estimate of drug-likeness (QED) is 0.0886. The Balaban J connectivity index is 1.62. The average molecular weight is 622 g/mol. The van der Waals surface area contributed by atoms with E-state index in [0.717, 1.165) is 22.3 Å². The lowest BCUT2D eigenvalue weighted by Gasteiger charge is -2.22. The van der Waals surface area contributed by atoms with Crippen LogP contribution in [0.3, 0.4) is 0 Å². The molecule has 0 bridgehead atoms. The molecule has 0 saturated carbocycles. The summed E-state index contributed by atoms with van der Waals surface area (Å²) >= 11 is 0.